The highest BCUT2D eigenvalue weighted by molar-refractivity contribution is 5.69. The number of likely N-dealkylation sites (tertiary alicyclic amines) is 1. The van der Waals surface area contributed by atoms with Crippen LogP contribution in [0.5, 0.6) is 0 Å². The summed E-state index contributed by atoms with van der Waals surface area (Å²) in [5, 5.41) is 0. The second-order valence-electron chi connectivity index (χ2n) is 11.6. The van der Waals surface area contributed by atoms with Crippen molar-refractivity contribution < 1.29 is 9.53 Å². The van der Waals surface area contributed by atoms with Crippen LogP contribution in [0.2, 0.25) is 0 Å². The Hall–Kier alpha value is -2.07. The van der Waals surface area contributed by atoms with E-state index in [0.29, 0.717) is 17.3 Å². The van der Waals surface area contributed by atoms with Crippen LogP contribution < -0.4 is 0 Å². The highest BCUT2D eigenvalue weighted by Gasteiger charge is 2.46. The molecule has 3 unspecified atom stereocenters. The Labute approximate surface area is 200 Å². The minimum atomic E-state index is -0.464. The van der Waals surface area contributed by atoms with Crippen molar-refractivity contribution >= 4 is 6.09 Å². The van der Waals surface area contributed by atoms with Gasteiger partial charge in [0.2, 0.25) is 0 Å². The van der Waals surface area contributed by atoms with Crippen LogP contribution in [-0.4, -0.2) is 53.7 Å². The van der Waals surface area contributed by atoms with Crippen LogP contribution >= 0.6 is 0 Å². The molecule has 4 rings (SSSR count). The van der Waals surface area contributed by atoms with Gasteiger partial charge in [-0.05, 0) is 89.4 Å². The van der Waals surface area contributed by atoms with E-state index in [0.717, 1.165) is 51.9 Å². The molecule has 1 saturated heterocycles. The average Bonchev–Trinajstić information content (AvgIpc) is 3.57. The van der Waals surface area contributed by atoms with Gasteiger partial charge in [-0.25, -0.2) is 4.79 Å². The summed E-state index contributed by atoms with van der Waals surface area (Å²) < 4.78 is 5.83. The summed E-state index contributed by atoms with van der Waals surface area (Å²) in [6.45, 7) is 12.5. The van der Waals surface area contributed by atoms with E-state index in [1.54, 1.807) is 0 Å². The van der Waals surface area contributed by atoms with Gasteiger partial charge in [0.1, 0.15) is 5.60 Å². The molecule has 1 saturated carbocycles. The molecule has 4 nitrogen and oxygen atoms in total. The lowest BCUT2D eigenvalue weighted by Gasteiger charge is -2.37. The molecule has 0 radical (unpaired) electrons. The van der Waals surface area contributed by atoms with Crippen molar-refractivity contribution in [3.8, 4) is 0 Å². The van der Waals surface area contributed by atoms with Gasteiger partial charge >= 0.3 is 6.09 Å². The molecule has 1 amide bonds. The smallest absolute Gasteiger partial charge is 0.410 e. The molecular formula is C29H42N2O2. The molecule has 2 aliphatic carbocycles. The first-order chi connectivity index (χ1) is 15.7. The molecular weight excluding hydrogens is 408 g/mol. The molecule has 3 aliphatic rings. The van der Waals surface area contributed by atoms with E-state index in [2.05, 4.69) is 71.4 Å². The number of hydrogen-bond acceptors (Lipinski definition) is 3. The summed E-state index contributed by atoms with van der Waals surface area (Å²) >= 11 is 0. The van der Waals surface area contributed by atoms with Crippen molar-refractivity contribution in [2.75, 3.05) is 26.2 Å². The van der Waals surface area contributed by atoms with Crippen molar-refractivity contribution in [3.05, 3.63) is 60.2 Å². The van der Waals surface area contributed by atoms with Gasteiger partial charge in [-0.15, -0.1) is 0 Å². The van der Waals surface area contributed by atoms with E-state index in [4.69, 9.17) is 4.74 Å². The molecule has 3 atom stereocenters. The first-order valence-corrected chi connectivity index (χ1v) is 12.8. The number of benzene rings is 1. The topological polar surface area (TPSA) is 32.8 Å². The molecule has 0 aromatic heterocycles. The zero-order chi connectivity index (χ0) is 23.5. The number of carbonyl (C=O) groups excluding carboxylic acids is 1. The molecule has 0 spiro atoms. The molecule has 0 bridgehead atoms. The van der Waals surface area contributed by atoms with Gasteiger partial charge in [0.05, 0.1) is 0 Å². The fourth-order valence-electron chi connectivity index (χ4n) is 5.29. The molecule has 0 N–H and O–H groups in total. The van der Waals surface area contributed by atoms with Gasteiger partial charge < -0.3 is 14.5 Å². The number of ether oxygens (including phenoxy) is 1. The van der Waals surface area contributed by atoms with E-state index < -0.39 is 5.60 Å². The maximum Gasteiger partial charge on any atom is 0.410 e. The van der Waals surface area contributed by atoms with Crippen molar-refractivity contribution in [3.63, 3.8) is 0 Å². The Balaban J connectivity index is 1.31. The van der Waals surface area contributed by atoms with Gasteiger partial charge in [0.25, 0.3) is 0 Å². The van der Waals surface area contributed by atoms with E-state index in [-0.39, 0.29) is 12.1 Å². The van der Waals surface area contributed by atoms with Crippen molar-refractivity contribution in [1.29, 1.82) is 0 Å². The predicted octanol–water partition coefficient (Wildman–Crippen LogP) is 6.40. The summed E-state index contributed by atoms with van der Waals surface area (Å²) in [4.78, 5) is 17.8. The Morgan fingerprint density at radius 2 is 1.88 bits per heavy atom. The number of allylic oxidation sites excluding steroid dienone is 4. The normalized spacial score (nSPS) is 28.0. The van der Waals surface area contributed by atoms with Gasteiger partial charge in [0.15, 0.2) is 0 Å². The Bertz CT molecular complexity index is 848. The average molecular weight is 451 g/mol. The third-order valence-electron chi connectivity index (χ3n) is 7.50. The molecule has 1 aromatic carbocycles. The summed E-state index contributed by atoms with van der Waals surface area (Å²) in [6, 6.07) is 10.9. The first-order valence-electron chi connectivity index (χ1n) is 12.8. The van der Waals surface area contributed by atoms with Gasteiger partial charge in [-0.1, -0.05) is 61.6 Å². The minimum Gasteiger partial charge on any atom is -0.444 e. The highest BCUT2D eigenvalue weighted by Crippen LogP contribution is 2.45. The zero-order valence-corrected chi connectivity index (χ0v) is 21.0. The highest BCUT2D eigenvalue weighted by atomic mass is 16.6. The summed E-state index contributed by atoms with van der Waals surface area (Å²) in [5.74, 6) is 0.996. The van der Waals surface area contributed by atoms with Crippen LogP contribution in [0.25, 0.3) is 0 Å². The Morgan fingerprint density at radius 1 is 1.15 bits per heavy atom. The van der Waals surface area contributed by atoms with Crippen LogP contribution in [0.4, 0.5) is 4.79 Å². The summed E-state index contributed by atoms with van der Waals surface area (Å²) in [7, 11) is 0. The fraction of sp³-hybridized carbons (Fsp3) is 0.621. The molecule has 1 aliphatic heterocycles. The van der Waals surface area contributed by atoms with Crippen LogP contribution in [0.1, 0.15) is 71.3 Å². The quantitative estimate of drug-likeness (QED) is 0.481. The monoisotopic (exact) mass is 450 g/mol. The Kier molecular flexibility index (Phi) is 7.33. The van der Waals surface area contributed by atoms with Crippen LogP contribution in [-0.2, 0) is 4.74 Å². The summed E-state index contributed by atoms with van der Waals surface area (Å²) in [6.07, 6.45) is 14.6. The number of piperidine rings is 1. The lowest BCUT2D eigenvalue weighted by Crippen LogP contribution is -2.44. The molecule has 2 fully saturated rings. The van der Waals surface area contributed by atoms with E-state index >= 15 is 0 Å². The standard InChI is InChI=1S/C29H42N2O2/c1-28(2,3)33-27(32)31(26-21-25(26)24-11-7-5-8-12-24)22-23-13-18-30(19-14-23)20-17-29(4)15-9-6-10-16-29/h5-12,15,23,25-26H,13-14,16-22H2,1-4H3. The second kappa shape index (κ2) is 10.0. The molecule has 1 heterocycles. The Morgan fingerprint density at radius 3 is 2.52 bits per heavy atom. The number of hydrogen-bond donors (Lipinski definition) is 0. The maximum absolute atomic E-state index is 13.1. The van der Waals surface area contributed by atoms with Crippen LogP contribution in [0.3, 0.4) is 0 Å². The largest absolute Gasteiger partial charge is 0.444 e. The molecule has 180 valence electrons. The van der Waals surface area contributed by atoms with Crippen LogP contribution in [0, 0.1) is 11.3 Å². The van der Waals surface area contributed by atoms with Gasteiger partial charge in [0, 0.05) is 18.5 Å². The van der Waals surface area contributed by atoms with Crippen molar-refractivity contribution in [1.82, 2.24) is 9.80 Å². The third-order valence-corrected chi connectivity index (χ3v) is 7.50. The van der Waals surface area contributed by atoms with E-state index in [1.165, 1.54) is 12.0 Å². The van der Waals surface area contributed by atoms with E-state index in [1.807, 2.05) is 20.8 Å². The number of rotatable bonds is 7. The fourth-order valence-corrected chi connectivity index (χ4v) is 5.29. The van der Waals surface area contributed by atoms with Crippen LogP contribution in [0.15, 0.2) is 54.6 Å². The molecule has 1 aromatic rings. The van der Waals surface area contributed by atoms with E-state index in [9.17, 15) is 4.79 Å². The number of carbonyl (C=O) groups is 1. The predicted molar refractivity (Wildman–Crippen MR) is 135 cm³/mol. The summed E-state index contributed by atoms with van der Waals surface area (Å²) in [5.41, 5.74) is 1.18. The van der Waals surface area contributed by atoms with Gasteiger partial charge in [-0.3, -0.25) is 0 Å². The lowest BCUT2D eigenvalue weighted by molar-refractivity contribution is 0.0170. The van der Waals surface area contributed by atoms with Gasteiger partial charge in [-0.2, -0.15) is 0 Å². The SMILES string of the molecule is CC1(CCN2CCC(CN(C(=O)OC(C)(C)C)C3CC3c3ccccc3)CC2)C=CC=CC1. The maximum atomic E-state index is 13.1. The lowest BCUT2D eigenvalue weighted by atomic mass is 9.80. The molecule has 4 heteroatoms. The van der Waals surface area contributed by atoms with Crippen molar-refractivity contribution in [2.24, 2.45) is 11.3 Å². The third kappa shape index (κ3) is 6.72. The molecule has 33 heavy (non-hydrogen) atoms. The number of amides is 1. The number of nitrogens with zero attached hydrogens (tertiary/aromatic N) is 2. The minimum absolute atomic E-state index is 0.140. The zero-order valence-electron chi connectivity index (χ0n) is 21.0. The second-order valence-corrected chi connectivity index (χ2v) is 11.6. The van der Waals surface area contributed by atoms with Crippen molar-refractivity contribution in [2.45, 2.75) is 77.4 Å². The first kappa shape index (κ1) is 24.1.